The van der Waals surface area contributed by atoms with E-state index in [0.717, 1.165) is 33.6 Å². The number of hydrogen-bond acceptors (Lipinski definition) is 7. The van der Waals surface area contributed by atoms with Crippen molar-refractivity contribution in [2.45, 2.75) is 18.9 Å². The summed E-state index contributed by atoms with van der Waals surface area (Å²) in [5.74, 6) is -0.828. The minimum Gasteiger partial charge on any atom is -0.480 e. The quantitative estimate of drug-likeness (QED) is 0.540. The summed E-state index contributed by atoms with van der Waals surface area (Å²) in [6.07, 6.45) is -0.658. The summed E-state index contributed by atoms with van der Waals surface area (Å²) < 4.78 is 5.54. The summed E-state index contributed by atoms with van der Waals surface area (Å²) in [6.45, 7) is 1.83. The Morgan fingerprint density at radius 3 is 2.41 bits per heavy atom. The smallest absolute Gasteiger partial charge is 0.413 e. The number of thioether (sulfide) groups is 1. The van der Waals surface area contributed by atoms with Crippen LogP contribution in [-0.2, 0) is 9.53 Å². The predicted molar refractivity (Wildman–Crippen MR) is 130 cm³/mol. The second-order valence-electron chi connectivity index (χ2n) is 8.01. The number of carbonyl (C=O) groups is 3. The number of benzene rings is 2. The van der Waals surface area contributed by atoms with Crippen molar-refractivity contribution in [2.75, 3.05) is 23.6 Å². The van der Waals surface area contributed by atoms with Gasteiger partial charge in [-0.25, -0.2) is 14.6 Å². The van der Waals surface area contributed by atoms with E-state index in [0.29, 0.717) is 22.2 Å². The fraction of sp³-hybridized carbons (Fsp3) is 0.250. The third kappa shape index (κ3) is 4.03. The average molecular weight is 496 g/mol. The van der Waals surface area contributed by atoms with Crippen LogP contribution in [0.1, 0.15) is 32.4 Å². The molecule has 2 amide bonds. The van der Waals surface area contributed by atoms with E-state index in [1.165, 1.54) is 16.7 Å². The summed E-state index contributed by atoms with van der Waals surface area (Å²) >= 11 is 2.41. The summed E-state index contributed by atoms with van der Waals surface area (Å²) in [5.41, 5.74) is 4.96. The molecule has 0 spiro atoms. The number of aryl methyl sites for hydroxylation is 1. The van der Waals surface area contributed by atoms with Crippen molar-refractivity contribution in [2.24, 2.45) is 0 Å². The maximum atomic E-state index is 12.9. The maximum absolute atomic E-state index is 12.9. The molecular weight excluding hydrogens is 474 g/mol. The van der Waals surface area contributed by atoms with Gasteiger partial charge in [-0.2, -0.15) is 0 Å². The van der Waals surface area contributed by atoms with Gasteiger partial charge in [0.2, 0.25) is 0 Å². The van der Waals surface area contributed by atoms with Crippen molar-refractivity contribution < 1.29 is 24.2 Å². The highest BCUT2D eigenvalue weighted by atomic mass is 32.2. The van der Waals surface area contributed by atoms with Gasteiger partial charge in [-0.05, 0) is 29.2 Å². The third-order valence-electron chi connectivity index (χ3n) is 5.97. The van der Waals surface area contributed by atoms with Gasteiger partial charge in [-0.15, -0.1) is 11.8 Å². The third-order valence-corrected chi connectivity index (χ3v) is 8.04. The molecule has 3 aromatic rings. The molecule has 0 saturated carbocycles. The summed E-state index contributed by atoms with van der Waals surface area (Å²) in [5, 5.41) is 12.2. The van der Waals surface area contributed by atoms with E-state index in [-0.39, 0.29) is 17.7 Å². The van der Waals surface area contributed by atoms with Crippen molar-refractivity contribution in [3.05, 3.63) is 70.2 Å². The SMILES string of the molecule is Cc1nc(NC(=O)OCC2c3ccccc3-c3ccccc32)sc1C(=O)N1CSC[C@H]1C(=O)O. The first-order chi connectivity index (χ1) is 16.4. The number of carbonyl (C=O) groups excluding carboxylic acids is 2. The van der Waals surface area contributed by atoms with Crippen LogP contribution in [0.15, 0.2) is 48.5 Å². The van der Waals surface area contributed by atoms with E-state index in [2.05, 4.69) is 22.4 Å². The van der Waals surface area contributed by atoms with Gasteiger partial charge in [0, 0.05) is 11.7 Å². The van der Waals surface area contributed by atoms with Crippen LogP contribution in [0.4, 0.5) is 9.93 Å². The molecule has 1 aliphatic carbocycles. The van der Waals surface area contributed by atoms with Crippen LogP contribution in [0.3, 0.4) is 0 Å². The fourth-order valence-electron chi connectivity index (χ4n) is 4.35. The normalized spacial score (nSPS) is 16.7. The number of thiazole rings is 1. The summed E-state index contributed by atoms with van der Waals surface area (Å²) in [4.78, 5) is 42.8. The lowest BCUT2D eigenvalue weighted by Gasteiger charge is -2.19. The van der Waals surface area contributed by atoms with Gasteiger partial charge in [0.15, 0.2) is 5.13 Å². The number of carboxylic acids is 1. The number of nitrogens with one attached hydrogen (secondary N) is 1. The minimum atomic E-state index is -1.03. The zero-order valence-corrected chi connectivity index (χ0v) is 19.8. The Morgan fingerprint density at radius 2 is 1.76 bits per heavy atom. The van der Waals surface area contributed by atoms with Crippen LogP contribution < -0.4 is 5.32 Å². The van der Waals surface area contributed by atoms with Gasteiger partial charge in [0.25, 0.3) is 5.91 Å². The predicted octanol–water partition coefficient (Wildman–Crippen LogP) is 4.41. The Balaban J connectivity index is 1.26. The van der Waals surface area contributed by atoms with E-state index < -0.39 is 24.0 Å². The molecule has 1 aromatic heterocycles. The Morgan fingerprint density at radius 1 is 1.12 bits per heavy atom. The number of ether oxygens (including phenoxy) is 1. The topological polar surface area (TPSA) is 109 Å². The monoisotopic (exact) mass is 495 g/mol. The highest BCUT2D eigenvalue weighted by Gasteiger charge is 2.36. The van der Waals surface area contributed by atoms with Crippen LogP contribution in [0.2, 0.25) is 0 Å². The van der Waals surface area contributed by atoms with Gasteiger partial charge in [-0.1, -0.05) is 59.9 Å². The van der Waals surface area contributed by atoms with Crippen molar-refractivity contribution in [3.8, 4) is 11.1 Å². The second kappa shape index (κ2) is 9.11. The minimum absolute atomic E-state index is 0.0612. The molecule has 10 heteroatoms. The van der Waals surface area contributed by atoms with Gasteiger partial charge in [0.1, 0.15) is 17.5 Å². The molecule has 0 unspecified atom stereocenters. The second-order valence-corrected chi connectivity index (χ2v) is 10.0. The molecule has 0 bridgehead atoms. The number of aromatic nitrogens is 1. The lowest BCUT2D eigenvalue weighted by atomic mass is 9.98. The standard InChI is InChI=1S/C24H21N3O5S2/c1-13-20(21(28)27-12-33-11-19(27)22(29)30)34-23(25-13)26-24(31)32-10-18-16-8-4-2-6-14(16)15-7-3-5-9-17(15)18/h2-9,18-19H,10-12H2,1H3,(H,29,30)(H,25,26,31)/t19-/m0/s1. The van der Waals surface area contributed by atoms with Crippen LogP contribution >= 0.6 is 23.1 Å². The molecule has 5 rings (SSSR count). The first-order valence-corrected chi connectivity index (χ1v) is 12.6. The molecule has 2 N–H and O–H groups in total. The van der Waals surface area contributed by atoms with Gasteiger partial charge >= 0.3 is 12.1 Å². The van der Waals surface area contributed by atoms with Gasteiger partial charge < -0.3 is 14.7 Å². The van der Waals surface area contributed by atoms with Crippen LogP contribution in [0.5, 0.6) is 0 Å². The maximum Gasteiger partial charge on any atom is 0.413 e. The van der Waals surface area contributed by atoms with E-state index in [9.17, 15) is 19.5 Å². The summed E-state index contributed by atoms with van der Waals surface area (Å²) in [7, 11) is 0. The molecular formula is C24H21N3O5S2. The molecule has 1 fully saturated rings. The van der Waals surface area contributed by atoms with E-state index >= 15 is 0 Å². The lowest BCUT2D eigenvalue weighted by Crippen LogP contribution is -2.41. The number of amides is 2. The number of aliphatic carboxylic acids is 1. The molecule has 2 aliphatic rings. The van der Waals surface area contributed by atoms with E-state index in [1.54, 1.807) is 6.92 Å². The Labute approximate surface area is 204 Å². The zero-order chi connectivity index (χ0) is 23.8. The van der Waals surface area contributed by atoms with Crippen molar-refractivity contribution in [1.29, 1.82) is 0 Å². The van der Waals surface area contributed by atoms with Crippen LogP contribution in [0, 0.1) is 6.92 Å². The number of carboxylic acid groups (broad SMARTS) is 1. The first-order valence-electron chi connectivity index (χ1n) is 10.6. The molecule has 2 heterocycles. The average Bonchev–Trinajstić information content (AvgIpc) is 3.53. The van der Waals surface area contributed by atoms with Crippen molar-refractivity contribution in [3.63, 3.8) is 0 Å². The molecule has 8 nitrogen and oxygen atoms in total. The first kappa shape index (κ1) is 22.4. The number of nitrogens with zero attached hydrogens (tertiary/aromatic N) is 2. The molecule has 1 aliphatic heterocycles. The van der Waals surface area contributed by atoms with Crippen molar-refractivity contribution >= 4 is 46.2 Å². The fourth-order valence-corrected chi connectivity index (χ4v) is 6.40. The number of hydrogen-bond donors (Lipinski definition) is 2. The molecule has 2 aromatic carbocycles. The van der Waals surface area contributed by atoms with E-state index in [1.807, 2.05) is 36.4 Å². The Hall–Kier alpha value is -3.37. The Bertz CT molecular complexity index is 1250. The van der Waals surface area contributed by atoms with Gasteiger partial charge in [-0.3, -0.25) is 10.1 Å². The van der Waals surface area contributed by atoms with Gasteiger partial charge in [0.05, 0.1) is 11.6 Å². The number of fused-ring (bicyclic) bond motifs is 3. The lowest BCUT2D eigenvalue weighted by molar-refractivity contribution is -0.140. The van der Waals surface area contributed by atoms with Crippen LogP contribution in [0.25, 0.3) is 11.1 Å². The number of rotatable bonds is 5. The number of anilines is 1. The zero-order valence-electron chi connectivity index (χ0n) is 18.2. The highest BCUT2D eigenvalue weighted by Crippen LogP contribution is 2.44. The molecule has 1 atom stereocenters. The highest BCUT2D eigenvalue weighted by molar-refractivity contribution is 7.99. The Kier molecular flexibility index (Phi) is 6.01. The molecule has 1 saturated heterocycles. The summed E-state index contributed by atoms with van der Waals surface area (Å²) in [6, 6.07) is 15.3. The van der Waals surface area contributed by atoms with Crippen molar-refractivity contribution in [1.82, 2.24) is 9.88 Å². The molecule has 0 radical (unpaired) electrons. The molecule has 34 heavy (non-hydrogen) atoms. The largest absolute Gasteiger partial charge is 0.480 e. The molecule has 174 valence electrons. The van der Waals surface area contributed by atoms with Crippen LogP contribution in [-0.4, -0.2) is 57.2 Å². The van der Waals surface area contributed by atoms with E-state index in [4.69, 9.17) is 4.74 Å².